The van der Waals surface area contributed by atoms with Crippen LogP contribution in [0, 0.1) is 29.1 Å². The molecule has 0 aliphatic heterocycles. The number of nitrogens with two attached hydrogens (primary N) is 1. The lowest BCUT2D eigenvalue weighted by Gasteiger charge is -2.54. The van der Waals surface area contributed by atoms with Crippen LogP contribution in [0.3, 0.4) is 0 Å². The Morgan fingerprint density at radius 3 is 2.46 bits per heavy atom. The van der Waals surface area contributed by atoms with Crippen molar-refractivity contribution in [3.05, 3.63) is 48.0 Å². The SMILES string of the molecule is CCCCCCC=CCCC[C@@]1(CNC)CC[C@@H](Cc2ccccc2)[C@H]([C@H](C(=O)O)[C@H](C)O)[C@@H]1CCN. The Morgan fingerprint density at radius 1 is 1.16 bits per heavy atom. The minimum absolute atomic E-state index is 0.0104. The summed E-state index contributed by atoms with van der Waals surface area (Å²) in [5, 5.41) is 24.5. The van der Waals surface area contributed by atoms with Crippen molar-refractivity contribution in [3.63, 3.8) is 0 Å². The Morgan fingerprint density at radius 2 is 1.86 bits per heavy atom. The number of carboxylic acids is 1. The van der Waals surface area contributed by atoms with E-state index in [-0.39, 0.29) is 23.2 Å². The van der Waals surface area contributed by atoms with E-state index in [0.717, 1.165) is 57.9 Å². The van der Waals surface area contributed by atoms with Gasteiger partial charge in [0.2, 0.25) is 0 Å². The van der Waals surface area contributed by atoms with Crippen LogP contribution in [0.2, 0.25) is 0 Å². The number of rotatable bonds is 18. The Labute approximate surface area is 226 Å². The van der Waals surface area contributed by atoms with E-state index in [4.69, 9.17) is 5.73 Å². The van der Waals surface area contributed by atoms with Crippen LogP contribution < -0.4 is 11.1 Å². The van der Waals surface area contributed by atoms with Gasteiger partial charge >= 0.3 is 5.97 Å². The highest BCUT2D eigenvalue weighted by atomic mass is 16.4. The molecule has 5 N–H and O–H groups in total. The number of aliphatic carboxylic acids is 1. The van der Waals surface area contributed by atoms with Crippen LogP contribution >= 0.6 is 0 Å². The van der Waals surface area contributed by atoms with Gasteiger partial charge in [-0.3, -0.25) is 4.79 Å². The van der Waals surface area contributed by atoms with Crippen LogP contribution in [0.4, 0.5) is 0 Å². The van der Waals surface area contributed by atoms with E-state index in [9.17, 15) is 15.0 Å². The minimum atomic E-state index is -0.901. The molecular formula is C32H54N2O3. The summed E-state index contributed by atoms with van der Waals surface area (Å²) in [4.78, 5) is 12.6. The van der Waals surface area contributed by atoms with Gasteiger partial charge in [-0.2, -0.15) is 0 Å². The van der Waals surface area contributed by atoms with Gasteiger partial charge in [-0.1, -0.05) is 68.7 Å². The Kier molecular flexibility index (Phi) is 14.5. The molecule has 1 aliphatic rings. The Hall–Kier alpha value is -1.69. The Balaban J connectivity index is 2.27. The van der Waals surface area contributed by atoms with Gasteiger partial charge in [-0.05, 0) is 107 Å². The maximum Gasteiger partial charge on any atom is 0.309 e. The number of benzene rings is 1. The number of hydrogen-bond donors (Lipinski definition) is 4. The number of aliphatic hydroxyl groups excluding tert-OH is 1. The van der Waals surface area contributed by atoms with Gasteiger partial charge in [-0.25, -0.2) is 0 Å². The van der Waals surface area contributed by atoms with Crippen LogP contribution in [-0.2, 0) is 11.2 Å². The van der Waals surface area contributed by atoms with Crippen molar-refractivity contribution in [2.75, 3.05) is 20.1 Å². The zero-order valence-corrected chi connectivity index (χ0v) is 23.7. The van der Waals surface area contributed by atoms with Crippen molar-refractivity contribution in [1.82, 2.24) is 5.32 Å². The Bertz CT molecular complexity index is 781. The molecule has 0 saturated heterocycles. The fourth-order valence-corrected chi connectivity index (χ4v) is 7.12. The standard InChI is InChI=1S/C32H54N2O3/c1-4-5-6-7-8-9-10-11-15-20-32(24-34-3)21-18-27(23-26-16-13-12-14-17-26)30(28(32)19-22-33)29(25(2)35)31(36)37/h9-10,12-14,16-17,25,27-30,34-35H,4-8,11,15,18-24,33H2,1-3H3,(H,36,37)/t25-,27-,28-,29+,30-,32-/m0/s1. The summed E-state index contributed by atoms with van der Waals surface area (Å²) >= 11 is 0. The van der Waals surface area contributed by atoms with Crippen LogP contribution in [0.5, 0.6) is 0 Å². The first-order chi connectivity index (χ1) is 17.9. The van der Waals surface area contributed by atoms with E-state index in [2.05, 4.69) is 48.7 Å². The molecule has 0 aromatic heterocycles. The number of nitrogens with one attached hydrogen (secondary N) is 1. The number of carbonyl (C=O) groups is 1. The predicted octanol–water partition coefficient (Wildman–Crippen LogP) is 6.20. The maximum absolute atomic E-state index is 12.6. The largest absolute Gasteiger partial charge is 0.481 e. The molecule has 1 saturated carbocycles. The van der Waals surface area contributed by atoms with E-state index in [0.29, 0.717) is 6.54 Å². The van der Waals surface area contributed by atoms with E-state index < -0.39 is 18.0 Å². The van der Waals surface area contributed by atoms with Crippen LogP contribution in [0.15, 0.2) is 42.5 Å². The third-order valence-electron chi connectivity index (χ3n) is 8.81. The lowest BCUT2D eigenvalue weighted by molar-refractivity contribution is -0.156. The van der Waals surface area contributed by atoms with Crippen LogP contribution in [-0.4, -0.2) is 42.4 Å². The van der Waals surface area contributed by atoms with Crippen LogP contribution in [0.1, 0.15) is 90.0 Å². The second kappa shape index (κ2) is 17.0. The van der Waals surface area contributed by atoms with E-state index in [1.54, 1.807) is 6.92 Å². The molecule has 0 heterocycles. The minimum Gasteiger partial charge on any atom is -0.481 e. The summed E-state index contributed by atoms with van der Waals surface area (Å²) in [5.74, 6) is -1.42. The summed E-state index contributed by atoms with van der Waals surface area (Å²) in [6.45, 7) is 5.29. The lowest BCUT2D eigenvalue weighted by Crippen LogP contribution is -2.54. The summed E-state index contributed by atoms with van der Waals surface area (Å²) in [6.07, 6.45) is 17.0. The highest BCUT2D eigenvalue weighted by Crippen LogP contribution is 2.54. The summed E-state index contributed by atoms with van der Waals surface area (Å²) in [6, 6.07) is 10.4. The monoisotopic (exact) mass is 514 g/mol. The van der Waals surface area contributed by atoms with Gasteiger partial charge in [0.1, 0.15) is 0 Å². The molecule has 0 bridgehead atoms. The topological polar surface area (TPSA) is 95.6 Å². The molecule has 1 fully saturated rings. The summed E-state index contributed by atoms with van der Waals surface area (Å²) in [5.41, 5.74) is 7.42. The average Bonchev–Trinajstić information content (AvgIpc) is 2.87. The summed E-state index contributed by atoms with van der Waals surface area (Å²) in [7, 11) is 2.01. The molecule has 6 atom stereocenters. The normalized spacial score (nSPS) is 25.8. The average molecular weight is 515 g/mol. The third-order valence-corrected chi connectivity index (χ3v) is 8.81. The highest BCUT2D eigenvalue weighted by molar-refractivity contribution is 5.71. The molecule has 0 amide bonds. The first-order valence-corrected chi connectivity index (χ1v) is 14.8. The lowest BCUT2D eigenvalue weighted by atomic mass is 9.51. The van der Waals surface area contributed by atoms with E-state index in [1.807, 2.05) is 13.1 Å². The van der Waals surface area contributed by atoms with E-state index in [1.165, 1.54) is 31.2 Å². The number of aliphatic hydroxyl groups is 1. The maximum atomic E-state index is 12.6. The van der Waals surface area contributed by atoms with Gasteiger partial charge < -0.3 is 21.3 Å². The summed E-state index contributed by atoms with van der Waals surface area (Å²) < 4.78 is 0. The molecule has 5 nitrogen and oxygen atoms in total. The van der Waals surface area contributed by atoms with Crippen molar-refractivity contribution in [2.24, 2.45) is 34.8 Å². The van der Waals surface area contributed by atoms with Crippen molar-refractivity contribution < 1.29 is 15.0 Å². The quantitative estimate of drug-likeness (QED) is 0.138. The highest BCUT2D eigenvalue weighted by Gasteiger charge is 2.52. The van der Waals surface area contributed by atoms with Gasteiger partial charge in [0.25, 0.3) is 0 Å². The van der Waals surface area contributed by atoms with Gasteiger partial charge in [0, 0.05) is 6.54 Å². The molecule has 0 radical (unpaired) electrons. The fraction of sp³-hybridized carbons (Fsp3) is 0.719. The molecule has 0 spiro atoms. The number of allylic oxidation sites excluding steroid dienone is 2. The van der Waals surface area contributed by atoms with Gasteiger partial charge in [0.15, 0.2) is 0 Å². The molecule has 5 heteroatoms. The third kappa shape index (κ3) is 9.53. The van der Waals surface area contributed by atoms with Crippen molar-refractivity contribution >= 4 is 5.97 Å². The molecule has 1 aromatic rings. The smallest absolute Gasteiger partial charge is 0.309 e. The molecule has 2 rings (SSSR count). The second-order valence-corrected chi connectivity index (χ2v) is 11.5. The van der Waals surface area contributed by atoms with Gasteiger partial charge in [0.05, 0.1) is 12.0 Å². The number of hydrogen-bond acceptors (Lipinski definition) is 4. The predicted molar refractivity (Wildman–Crippen MR) is 154 cm³/mol. The van der Waals surface area contributed by atoms with Crippen LogP contribution in [0.25, 0.3) is 0 Å². The molecule has 210 valence electrons. The zero-order chi connectivity index (χ0) is 27.1. The fourth-order valence-electron chi connectivity index (χ4n) is 7.12. The first-order valence-electron chi connectivity index (χ1n) is 14.8. The first kappa shape index (κ1) is 31.5. The van der Waals surface area contributed by atoms with Gasteiger partial charge in [-0.15, -0.1) is 0 Å². The number of unbranched alkanes of at least 4 members (excludes halogenated alkanes) is 5. The van der Waals surface area contributed by atoms with Crippen molar-refractivity contribution in [2.45, 2.75) is 97.0 Å². The number of carboxylic acid groups (broad SMARTS) is 1. The zero-order valence-electron chi connectivity index (χ0n) is 23.7. The molecule has 1 aliphatic carbocycles. The molecule has 37 heavy (non-hydrogen) atoms. The second-order valence-electron chi connectivity index (χ2n) is 11.5. The molecule has 1 aromatic carbocycles. The molecular weight excluding hydrogens is 460 g/mol. The molecule has 0 unspecified atom stereocenters. The van der Waals surface area contributed by atoms with Crippen molar-refractivity contribution in [1.29, 1.82) is 0 Å². The van der Waals surface area contributed by atoms with Crippen molar-refractivity contribution in [3.8, 4) is 0 Å². The van der Waals surface area contributed by atoms with E-state index >= 15 is 0 Å².